The molecule has 1 aromatic heterocycles. The molecule has 0 radical (unpaired) electrons. The van der Waals surface area contributed by atoms with Crippen LogP contribution in [0.25, 0.3) is 0 Å². The second-order valence-corrected chi connectivity index (χ2v) is 5.99. The van der Waals surface area contributed by atoms with E-state index in [1.807, 2.05) is 0 Å². The zero-order valence-electron chi connectivity index (χ0n) is 11.5. The SMILES string of the molecule is CN(C(=O)c1sc(NC2CC2)nc1N)c1ccc(F)cc1. The largest absolute Gasteiger partial charge is 0.382 e. The highest BCUT2D eigenvalue weighted by molar-refractivity contribution is 7.18. The minimum absolute atomic E-state index is 0.224. The first-order chi connectivity index (χ1) is 10.0. The van der Waals surface area contributed by atoms with Crippen molar-refractivity contribution in [2.24, 2.45) is 0 Å². The van der Waals surface area contributed by atoms with Crippen LogP contribution in [-0.2, 0) is 0 Å². The van der Waals surface area contributed by atoms with Crippen LogP contribution in [-0.4, -0.2) is 24.0 Å². The molecule has 0 unspecified atom stereocenters. The molecule has 21 heavy (non-hydrogen) atoms. The second kappa shape index (κ2) is 5.33. The summed E-state index contributed by atoms with van der Waals surface area (Å²) in [5.41, 5.74) is 6.43. The Balaban J connectivity index is 1.80. The molecule has 3 N–H and O–H groups in total. The van der Waals surface area contributed by atoms with Crippen molar-refractivity contribution in [1.29, 1.82) is 0 Å². The Morgan fingerprint density at radius 3 is 2.71 bits per heavy atom. The summed E-state index contributed by atoms with van der Waals surface area (Å²) in [5.74, 6) is -0.365. The molecule has 0 spiro atoms. The van der Waals surface area contributed by atoms with Crippen molar-refractivity contribution in [3.63, 3.8) is 0 Å². The molecule has 2 aromatic rings. The van der Waals surface area contributed by atoms with Gasteiger partial charge in [-0.15, -0.1) is 0 Å². The minimum atomic E-state index is -0.340. The molecule has 5 nitrogen and oxygen atoms in total. The number of halogens is 1. The van der Waals surface area contributed by atoms with E-state index in [0.717, 1.165) is 12.8 Å². The van der Waals surface area contributed by atoms with E-state index in [4.69, 9.17) is 5.73 Å². The summed E-state index contributed by atoms with van der Waals surface area (Å²) >= 11 is 1.25. The van der Waals surface area contributed by atoms with Crippen LogP contribution in [0.5, 0.6) is 0 Å². The van der Waals surface area contributed by atoms with E-state index in [9.17, 15) is 9.18 Å². The number of amides is 1. The van der Waals surface area contributed by atoms with Gasteiger partial charge in [0.1, 0.15) is 16.5 Å². The third-order valence-electron chi connectivity index (χ3n) is 3.27. The molecule has 0 saturated heterocycles. The number of nitrogens with one attached hydrogen (secondary N) is 1. The van der Waals surface area contributed by atoms with Gasteiger partial charge in [-0.2, -0.15) is 0 Å². The molecule has 7 heteroatoms. The highest BCUT2D eigenvalue weighted by Gasteiger charge is 2.25. The highest BCUT2D eigenvalue weighted by atomic mass is 32.1. The quantitative estimate of drug-likeness (QED) is 0.911. The Morgan fingerprint density at radius 1 is 1.43 bits per heavy atom. The van der Waals surface area contributed by atoms with Crippen LogP contribution in [0, 0.1) is 5.82 Å². The molecule has 0 atom stereocenters. The van der Waals surface area contributed by atoms with Crippen LogP contribution in [0.4, 0.5) is 21.0 Å². The lowest BCUT2D eigenvalue weighted by Crippen LogP contribution is -2.26. The van der Waals surface area contributed by atoms with Gasteiger partial charge in [0, 0.05) is 18.8 Å². The van der Waals surface area contributed by atoms with Gasteiger partial charge in [-0.3, -0.25) is 4.79 Å². The third kappa shape index (κ3) is 2.97. The summed E-state index contributed by atoms with van der Waals surface area (Å²) in [4.78, 5) is 18.5. The fraction of sp³-hybridized carbons (Fsp3) is 0.286. The lowest BCUT2D eigenvalue weighted by molar-refractivity contribution is 0.0997. The van der Waals surface area contributed by atoms with Gasteiger partial charge in [-0.05, 0) is 37.1 Å². The normalized spacial score (nSPS) is 14.0. The molecule has 3 rings (SSSR count). The lowest BCUT2D eigenvalue weighted by atomic mass is 10.3. The molecule has 1 saturated carbocycles. The minimum Gasteiger partial charge on any atom is -0.382 e. The van der Waals surface area contributed by atoms with E-state index in [1.54, 1.807) is 19.2 Å². The summed E-state index contributed by atoms with van der Waals surface area (Å²) in [6.45, 7) is 0. The number of nitrogens with two attached hydrogens (primary N) is 1. The summed E-state index contributed by atoms with van der Waals surface area (Å²) in [6, 6.07) is 6.18. The molecule has 1 heterocycles. The maximum absolute atomic E-state index is 12.9. The Bertz CT molecular complexity index is 666. The van der Waals surface area contributed by atoms with Gasteiger partial charge >= 0.3 is 0 Å². The fourth-order valence-electron chi connectivity index (χ4n) is 1.88. The summed E-state index contributed by atoms with van der Waals surface area (Å²) in [6.07, 6.45) is 2.25. The molecule has 0 bridgehead atoms. The standard InChI is InChI=1S/C14H15FN4OS/c1-19(10-6-2-8(15)3-7-10)13(20)11-12(16)18-14(21-11)17-9-4-5-9/h2-3,6-7,9H,4-5,16H2,1H3,(H,17,18). The van der Waals surface area contributed by atoms with Crippen molar-refractivity contribution >= 4 is 33.9 Å². The molecule has 1 amide bonds. The Labute approximate surface area is 125 Å². The molecule has 0 aliphatic heterocycles. The average molecular weight is 306 g/mol. The van der Waals surface area contributed by atoms with Gasteiger partial charge in [0.25, 0.3) is 5.91 Å². The molecule has 1 aromatic carbocycles. The van der Waals surface area contributed by atoms with E-state index in [1.165, 1.54) is 28.4 Å². The molecule has 1 fully saturated rings. The van der Waals surface area contributed by atoms with Crippen LogP contribution >= 0.6 is 11.3 Å². The summed E-state index contributed by atoms with van der Waals surface area (Å²) in [7, 11) is 1.63. The third-order valence-corrected chi connectivity index (χ3v) is 4.26. The zero-order valence-corrected chi connectivity index (χ0v) is 12.3. The topological polar surface area (TPSA) is 71.2 Å². The van der Waals surface area contributed by atoms with Crippen LogP contribution in [0.1, 0.15) is 22.5 Å². The fourth-order valence-corrected chi connectivity index (χ4v) is 2.82. The Morgan fingerprint density at radius 2 is 2.10 bits per heavy atom. The summed E-state index contributed by atoms with van der Waals surface area (Å²) in [5, 5.41) is 3.90. The van der Waals surface area contributed by atoms with Crippen molar-refractivity contribution < 1.29 is 9.18 Å². The first-order valence-electron chi connectivity index (χ1n) is 6.61. The van der Waals surface area contributed by atoms with Crippen molar-refractivity contribution in [2.45, 2.75) is 18.9 Å². The first kappa shape index (κ1) is 13.8. The summed E-state index contributed by atoms with van der Waals surface area (Å²) < 4.78 is 12.9. The molecular weight excluding hydrogens is 291 g/mol. The molecule has 1 aliphatic carbocycles. The van der Waals surface area contributed by atoms with Crippen LogP contribution < -0.4 is 16.0 Å². The predicted molar refractivity (Wildman–Crippen MR) is 82.3 cm³/mol. The number of nitrogen functional groups attached to an aromatic ring is 1. The number of hydrogen-bond acceptors (Lipinski definition) is 5. The first-order valence-corrected chi connectivity index (χ1v) is 7.42. The number of aromatic nitrogens is 1. The smallest absolute Gasteiger partial charge is 0.272 e. The Hall–Kier alpha value is -2.15. The molecule has 110 valence electrons. The van der Waals surface area contributed by atoms with Crippen molar-refractivity contribution in [1.82, 2.24) is 4.98 Å². The second-order valence-electron chi connectivity index (χ2n) is 4.99. The van der Waals surface area contributed by atoms with Gasteiger partial charge < -0.3 is 16.0 Å². The van der Waals surface area contributed by atoms with Crippen LogP contribution in [0.3, 0.4) is 0 Å². The highest BCUT2D eigenvalue weighted by Crippen LogP contribution is 2.31. The van der Waals surface area contributed by atoms with Gasteiger partial charge in [0.2, 0.25) is 0 Å². The number of rotatable bonds is 4. The maximum atomic E-state index is 12.9. The number of thiazole rings is 1. The zero-order chi connectivity index (χ0) is 15.0. The van der Waals surface area contributed by atoms with E-state index < -0.39 is 0 Å². The van der Waals surface area contributed by atoms with Crippen LogP contribution in [0.15, 0.2) is 24.3 Å². The van der Waals surface area contributed by atoms with E-state index >= 15 is 0 Å². The Kier molecular flexibility index (Phi) is 3.50. The number of benzene rings is 1. The number of nitrogens with zero attached hydrogens (tertiary/aromatic N) is 2. The number of carbonyl (C=O) groups is 1. The lowest BCUT2D eigenvalue weighted by Gasteiger charge is -2.16. The number of carbonyl (C=O) groups excluding carboxylic acids is 1. The molecule has 1 aliphatic rings. The van der Waals surface area contributed by atoms with Crippen LogP contribution in [0.2, 0.25) is 0 Å². The number of hydrogen-bond donors (Lipinski definition) is 2. The van der Waals surface area contributed by atoms with Gasteiger partial charge in [-0.25, -0.2) is 9.37 Å². The predicted octanol–water partition coefficient (Wildman–Crippen LogP) is 2.72. The van der Waals surface area contributed by atoms with E-state index in [2.05, 4.69) is 10.3 Å². The van der Waals surface area contributed by atoms with Crippen molar-refractivity contribution in [3.05, 3.63) is 35.0 Å². The van der Waals surface area contributed by atoms with Crippen molar-refractivity contribution in [3.8, 4) is 0 Å². The van der Waals surface area contributed by atoms with Crippen molar-refractivity contribution in [2.75, 3.05) is 23.0 Å². The number of anilines is 3. The van der Waals surface area contributed by atoms with Gasteiger partial charge in [0.15, 0.2) is 5.13 Å². The molecular formula is C14H15FN4OS. The van der Waals surface area contributed by atoms with E-state index in [0.29, 0.717) is 21.7 Å². The monoisotopic (exact) mass is 306 g/mol. The van der Waals surface area contributed by atoms with Gasteiger partial charge in [0.05, 0.1) is 0 Å². The van der Waals surface area contributed by atoms with E-state index in [-0.39, 0.29) is 17.5 Å². The van der Waals surface area contributed by atoms with Gasteiger partial charge in [-0.1, -0.05) is 11.3 Å². The average Bonchev–Trinajstić information content (AvgIpc) is 3.20. The maximum Gasteiger partial charge on any atom is 0.272 e.